The van der Waals surface area contributed by atoms with Crippen molar-refractivity contribution < 1.29 is 9.59 Å². The molecule has 0 rings (SSSR count). The molecule has 0 fully saturated rings. The molecule has 0 saturated heterocycles. The number of nitrogens with one attached hydrogen (secondary N) is 2. The van der Waals surface area contributed by atoms with Crippen LogP contribution in [0.15, 0.2) is 12.7 Å². The molecule has 0 aromatic carbocycles. The Kier molecular flexibility index (Phi) is 6.59. The molecule has 0 radical (unpaired) electrons. The van der Waals surface area contributed by atoms with Crippen LogP contribution in [0.3, 0.4) is 0 Å². The second-order valence-corrected chi connectivity index (χ2v) is 2.55. The number of hydrogen-bond donors (Lipinski definition) is 2. The molecule has 0 heterocycles. The number of carbonyl (C=O) groups excluding carboxylic acids is 2. The number of amides is 2. The molecule has 13 heavy (non-hydrogen) atoms. The van der Waals surface area contributed by atoms with E-state index in [0.717, 1.165) is 0 Å². The summed E-state index contributed by atoms with van der Waals surface area (Å²) in [5, 5.41) is 5.24. The molecule has 0 aliphatic carbocycles. The highest BCUT2D eigenvalue weighted by molar-refractivity contribution is 5.79. The monoisotopic (exact) mass is 184 g/mol. The summed E-state index contributed by atoms with van der Waals surface area (Å²) >= 11 is 0. The van der Waals surface area contributed by atoms with Crippen LogP contribution in [0.25, 0.3) is 0 Å². The van der Waals surface area contributed by atoms with E-state index >= 15 is 0 Å². The predicted molar refractivity (Wildman–Crippen MR) is 51.1 cm³/mol. The third kappa shape index (κ3) is 7.05. The van der Waals surface area contributed by atoms with E-state index < -0.39 is 0 Å². The SMILES string of the molecule is C=CCC(=O)NCCC(=O)NCC. The summed E-state index contributed by atoms with van der Waals surface area (Å²) in [6, 6.07) is 0. The highest BCUT2D eigenvalue weighted by Crippen LogP contribution is 1.81. The Hall–Kier alpha value is -1.32. The lowest BCUT2D eigenvalue weighted by atomic mass is 10.3. The smallest absolute Gasteiger partial charge is 0.223 e. The van der Waals surface area contributed by atoms with Gasteiger partial charge in [0.15, 0.2) is 0 Å². The van der Waals surface area contributed by atoms with E-state index in [2.05, 4.69) is 17.2 Å². The van der Waals surface area contributed by atoms with Crippen molar-refractivity contribution in [3.8, 4) is 0 Å². The van der Waals surface area contributed by atoms with Gasteiger partial charge in [-0.3, -0.25) is 9.59 Å². The Balaban J connectivity index is 3.38. The highest BCUT2D eigenvalue weighted by Gasteiger charge is 2.00. The molecule has 0 bridgehead atoms. The van der Waals surface area contributed by atoms with Gasteiger partial charge in [0, 0.05) is 25.9 Å². The fourth-order valence-corrected chi connectivity index (χ4v) is 0.804. The maximum Gasteiger partial charge on any atom is 0.223 e. The Morgan fingerprint density at radius 1 is 1.31 bits per heavy atom. The summed E-state index contributed by atoms with van der Waals surface area (Å²) in [6.07, 6.45) is 2.16. The lowest BCUT2D eigenvalue weighted by Gasteiger charge is -2.03. The van der Waals surface area contributed by atoms with Gasteiger partial charge < -0.3 is 10.6 Å². The summed E-state index contributed by atoms with van der Waals surface area (Å²) < 4.78 is 0. The molecule has 0 aliphatic heterocycles. The van der Waals surface area contributed by atoms with Crippen LogP contribution in [0, 0.1) is 0 Å². The zero-order valence-corrected chi connectivity index (χ0v) is 7.93. The predicted octanol–water partition coefficient (Wildman–Crippen LogP) is 0.205. The minimum absolute atomic E-state index is 0.0404. The molecule has 0 unspecified atom stereocenters. The maximum absolute atomic E-state index is 10.9. The second-order valence-electron chi connectivity index (χ2n) is 2.55. The van der Waals surface area contributed by atoms with Crippen molar-refractivity contribution in [3.05, 3.63) is 12.7 Å². The Labute approximate surface area is 78.4 Å². The van der Waals surface area contributed by atoms with Crippen LogP contribution in [0.4, 0.5) is 0 Å². The van der Waals surface area contributed by atoms with E-state index in [1.54, 1.807) is 0 Å². The minimum Gasteiger partial charge on any atom is -0.356 e. The lowest BCUT2D eigenvalue weighted by Crippen LogP contribution is -2.30. The maximum atomic E-state index is 10.9. The Bertz CT molecular complexity index is 190. The summed E-state index contributed by atoms with van der Waals surface area (Å²) in [7, 11) is 0. The number of hydrogen-bond acceptors (Lipinski definition) is 2. The standard InChI is InChI=1S/C9H16N2O2/c1-3-5-8(12)11-7-6-9(13)10-4-2/h3H,1,4-7H2,2H3,(H,10,13)(H,11,12). The summed E-state index contributed by atoms with van der Waals surface area (Å²) in [4.78, 5) is 21.8. The van der Waals surface area contributed by atoms with E-state index in [4.69, 9.17) is 0 Å². The topological polar surface area (TPSA) is 58.2 Å². The van der Waals surface area contributed by atoms with Crippen molar-refractivity contribution in [1.29, 1.82) is 0 Å². The fraction of sp³-hybridized carbons (Fsp3) is 0.556. The van der Waals surface area contributed by atoms with Crippen molar-refractivity contribution in [2.45, 2.75) is 19.8 Å². The molecular formula is C9H16N2O2. The van der Waals surface area contributed by atoms with Crippen molar-refractivity contribution in [1.82, 2.24) is 10.6 Å². The molecule has 0 saturated carbocycles. The van der Waals surface area contributed by atoms with Crippen LogP contribution in [0.2, 0.25) is 0 Å². The van der Waals surface area contributed by atoms with Crippen LogP contribution in [-0.2, 0) is 9.59 Å². The molecule has 0 atom stereocenters. The van der Waals surface area contributed by atoms with Gasteiger partial charge in [-0.05, 0) is 6.92 Å². The first-order chi connectivity index (χ1) is 6.20. The van der Waals surface area contributed by atoms with Crippen LogP contribution in [0.1, 0.15) is 19.8 Å². The van der Waals surface area contributed by atoms with Crippen molar-refractivity contribution in [3.63, 3.8) is 0 Å². The van der Waals surface area contributed by atoms with Crippen molar-refractivity contribution >= 4 is 11.8 Å². The van der Waals surface area contributed by atoms with E-state index in [1.807, 2.05) is 6.92 Å². The summed E-state index contributed by atoms with van der Waals surface area (Å²) in [6.45, 7) is 6.30. The largest absolute Gasteiger partial charge is 0.356 e. The molecule has 2 amide bonds. The van der Waals surface area contributed by atoms with Gasteiger partial charge >= 0.3 is 0 Å². The van der Waals surface area contributed by atoms with Gasteiger partial charge in [0.2, 0.25) is 11.8 Å². The van der Waals surface area contributed by atoms with Gasteiger partial charge in [-0.1, -0.05) is 6.08 Å². The Morgan fingerprint density at radius 2 is 2.00 bits per heavy atom. The zero-order valence-electron chi connectivity index (χ0n) is 7.93. The molecule has 0 spiro atoms. The molecule has 2 N–H and O–H groups in total. The zero-order chi connectivity index (χ0) is 10.1. The lowest BCUT2D eigenvalue weighted by molar-refractivity contribution is -0.121. The van der Waals surface area contributed by atoms with Crippen LogP contribution >= 0.6 is 0 Å². The van der Waals surface area contributed by atoms with Crippen molar-refractivity contribution in [2.24, 2.45) is 0 Å². The normalized spacial score (nSPS) is 9.00. The van der Waals surface area contributed by atoms with Gasteiger partial charge in [0.05, 0.1) is 0 Å². The summed E-state index contributed by atoms with van der Waals surface area (Å²) in [5.74, 6) is -0.138. The molecule has 0 aromatic heterocycles. The molecule has 74 valence electrons. The van der Waals surface area contributed by atoms with Crippen molar-refractivity contribution in [2.75, 3.05) is 13.1 Å². The average molecular weight is 184 g/mol. The average Bonchev–Trinajstić information content (AvgIpc) is 2.05. The third-order valence-electron chi connectivity index (χ3n) is 1.38. The van der Waals surface area contributed by atoms with Crippen LogP contribution in [0.5, 0.6) is 0 Å². The Morgan fingerprint density at radius 3 is 2.54 bits per heavy atom. The molecule has 4 nitrogen and oxygen atoms in total. The third-order valence-corrected chi connectivity index (χ3v) is 1.38. The minimum atomic E-state index is -0.0979. The molecule has 0 aliphatic rings. The number of rotatable bonds is 6. The van der Waals surface area contributed by atoms with E-state index in [-0.39, 0.29) is 11.8 Å². The quantitative estimate of drug-likeness (QED) is 0.579. The fourth-order valence-electron chi connectivity index (χ4n) is 0.804. The summed E-state index contributed by atoms with van der Waals surface area (Å²) in [5.41, 5.74) is 0. The molecule has 0 aromatic rings. The first-order valence-corrected chi connectivity index (χ1v) is 4.35. The first kappa shape index (κ1) is 11.7. The van der Waals surface area contributed by atoms with Gasteiger partial charge in [0.1, 0.15) is 0 Å². The van der Waals surface area contributed by atoms with E-state index in [9.17, 15) is 9.59 Å². The van der Waals surface area contributed by atoms with E-state index in [1.165, 1.54) is 6.08 Å². The first-order valence-electron chi connectivity index (χ1n) is 4.35. The highest BCUT2D eigenvalue weighted by atomic mass is 16.2. The van der Waals surface area contributed by atoms with Crippen LogP contribution < -0.4 is 10.6 Å². The van der Waals surface area contributed by atoms with Gasteiger partial charge in [0.25, 0.3) is 0 Å². The van der Waals surface area contributed by atoms with Gasteiger partial charge in [-0.25, -0.2) is 0 Å². The van der Waals surface area contributed by atoms with Crippen LogP contribution in [-0.4, -0.2) is 24.9 Å². The molecule has 4 heteroatoms. The van der Waals surface area contributed by atoms with Gasteiger partial charge in [-0.15, -0.1) is 6.58 Å². The van der Waals surface area contributed by atoms with E-state index in [0.29, 0.717) is 25.9 Å². The second kappa shape index (κ2) is 7.34. The van der Waals surface area contributed by atoms with Gasteiger partial charge in [-0.2, -0.15) is 0 Å². The number of carbonyl (C=O) groups is 2. The molecular weight excluding hydrogens is 168 g/mol.